The molecule has 0 aromatic carbocycles. The predicted molar refractivity (Wildman–Crippen MR) is 146 cm³/mol. The zero-order chi connectivity index (χ0) is 27.7. The molecule has 0 aliphatic heterocycles. The van der Waals surface area contributed by atoms with Crippen molar-refractivity contribution < 1.29 is 42.8 Å². The molecule has 1 rings (SSSR count). The fourth-order valence-electron chi connectivity index (χ4n) is 3.57. The monoisotopic (exact) mass is 564 g/mol. The minimum absolute atomic E-state index is 0.0307. The van der Waals surface area contributed by atoms with E-state index in [0.717, 1.165) is 25.7 Å². The molecular weight excluding hydrogens is 516 g/mol. The van der Waals surface area contributed by atoms with E-state index in [1.165, 1.54) is 0 Å². The number of carbonyl (C=O) groups is 3. The number of ether oxygens (including phenoxy) is 6. The van der Waals surface area contributed by atoms with E-state index in [9.17, 15) is 14.4 Å². The Balaban J connectivity index is 1.73. The summed E-state index contributed by atoms with van der Waals surface area (Å²) in [5.74, 6) is -0.0411. The second-order valence-corrected chi connectivity index (χ2v) is 9.91. The fraction of sp³-hybridized carbons (Fsp3) is 0.885. The van der Waals surface area contributed by atoms with Crippen molar-refractivity contribution in [3.05, 3.63) is 0 Å². The van der Waals surface area contributed by atoms with Gasteiger partial charge < -0.3 is 39.1 Å². The van der Waals surface area contributed by atoms with Gasteiger partial charge in [0.25, 0.3) is 0 Å². The Labute approximate surface area is 231 Å². The lowest BCUT2D eigenvalue weighted by atomic mass is 9.97. The third kappa shape index (κ3) is 20.5. The summed E-state index contributed by atoms with van der Waals surface area (Å²) in [5.41, 5.74) is 0. The van der Waals surface area contributed by atoms with Gasteiger partial charge in [-0.25, -0.2) is 4.79 Å². The number of carbonyl (C=O) groups excluding carboxylic acids is 3. The number of hydrogen-bond acceptors (Lipinski definition) is 10. The van der Waals surface area contributed by atoms with Gasteiger partial charge in [0.15, 0.2) is 0 Å². The number of alkyl carbamates (subject to hydrolysis) is 1. The van der Waals surface area contributed by atoms with E-state index in [1.807, 2.05) is 11.8 Å². The largest absolute Gasteiger partial charge is 0.446 e. The van der Waals surface area contributed by atoms with E-state index < -0.39 is 0 Å². The van der Waals surface area contributed by atoms with Crippen LogP contribution in [0, 0.1) is 0 Å². The first-order valence-corrected chi connectivity index (χ1v) is 15.0. The summed E-state index contributed by atoms with van der Waals surface area (Å²) in [6, 6.07) is 0. The highest BCUT2D eigenvalue weighted by molar-refractivity contribution is 7.99. The molecule has 0 aromatic heterocycles. The Bertz CT molecular complexity index is 620. The van der Waals surface area contributed by atoms with Crippen molar-refractivity contribution >= 4 is 29.5 Å². The van der Waals surface area contributed by atoms with Crippen molar-refractivity contribution in [3.63, 3.8) is 0 Å². The number of rotatable bonds is 24. The van der Waals surface area contributed by atoms with Crippen LogP contribution in [0.2, 0.25) is 0 Å². The SMILES string of the molecule is CCC(=O)CCC(=O)NCCOCCOCCOCCOCCOCCNC(=O)OC1CCC(SC)CC1. The Morgan fingerprint density at radius 1 is 0.684 bits per heavy atom. The van der Waals surface area contributed by atoms with E-state index >= 15 is 0 Å². The third-order valence-corrected chi connectivity index (χ3v) is 6.96. The zero-order valence-electron chi connectivity index (χ0n) is 23.2. The minimum atomic E-state index is -0.370. The molecule has 1 aliphatic carbocycles. The lowest BCUT2D eigenvalue weighted by Crippen LogP contribution is -2.33. The number of amides is 2. The van der Waals surface area contributed by atoms with E-state index in [0.29, 0.717) is 90.8 Å². The van der Waals surface area contributed by atoms with Crippen LogP contribution in [0.15, 0.2) is 0 Å². The van der Waals surface area contributed by atoms with Crippen LogP contribution in [0.3, 0.4) is 0 Å². The average Bonchev–Trinajstić information content (AvgIpc) is 2.93. The summed E-state index contributed by atoms with van der Waals surface area (Å²) in [6.45, 7) is 7.06. The lowest BCUT2D eigenvalue weighted by Gasteiger charge is -2.27. The molecule has 12 heteroatoms. The molecule has 1 aliphatic rings. The lowest BCUT2D eigenvalue weighted by molar-refractivity contribution is -0.125. The predicted octanol–water partition coefficient (Wildman–Crippen LogP) is 2.35. The number of ketones is 1. The van der Waals surface area contributed by atoms with Crippen LogP contribution in [0.1, 0.15) is 51.9 Å². The second-order valence-electron chi connectivity index (χ2n) is 8.77. The van der Waals surface area contributed by atoms with Crippen LogP contribution >= 0.6 is 11.8 Å². The van der Waals surface area contributed by atoms with Gasteiger partial charge >= 0.3 is 6.09 Å². The topological polar surface area (TPSA) is 131 Å². The van der Waals surface area contributed by atoms with Gasteiger partial charge in [-0.15, -0.1) is 0 Å². The first-order chi connectivity index (χ1) is 18.5. The molecule has 2 amide bonds. The van der Waals surface area contributed by atoms with Gasteiger partial charge in [-0.2, -0.15) is 11.8 Å². The Hall–Kier alpha value is -1.44. The molecule has 0 radical (unpaired) electrons. The summed E-state index contributed by atoms with van der Waals surface area (Å²) in [6.07, 6.45) is 6.86. The van der Waals surface area contributed by atoms with Crippen molar-refractivity contribution in [3.8, 4) is 0 Å². The summed E-state index contributed by atoms with van der Waals surface area (Å²) >= 11 is 1.89. The van der Waals surface area contributed by atoms with Crippen LogP contribution in [0.25, 0.3) is 0 Å². The van der Waals surface area contributed by atoms with Crippen molar-refractivity contribution in [2.75, 3.05) is 85.4 Å². The molecular formula is C26H48N2O9S. The molecule has 0 unspecified atom stereocenters. The van der Waals surface area contributed by atoms with Crippen LogP contribution < -0.4 is 10.6 Å². The first-order valence-electron chi connectivity index (χ1n) is 13.7. The van der Waals surface area contributed by atoms with Crippen molar-refractivity contribution in [1.29, 1.82) is 0 Å². The van der Waals surface area contributed by atoms with Crippen LogP contribution in [-0.4, -0.2) is 115 Å². The molecule has 0 bridgehead atoms. The highest BCUT2D eigenvalue weighted by atomic mass is 32.2. The van der Waals surface area contributed by atoms with Gasteiger partial charge in [0.05, 0.1) is 66.1 Å². The van der Waals surface area contributed by atoms with Gasteiger partial charge in [0.2, 0.25) is 5.91 Å². The molecule has 0 aromatic rings. The molecule has 1 saturated carbocycles. The molecule has 1 fully saturated rings. The molecule has 0 spiro atoms. The molecule has 11 nitrogen and oxygen atoms in total. The summed E-state index contributed by atoms with van der Waals surface area (Å²) in [5, 5.41) is 6.14. The van der Waals surface area contributed by atoms with Gasteiger partial charge in [-0.05, 0) is 31.9 Å². The summed E-state index contributed by atoms with van der Waals surface area (Å²) in [7, 11) is 0. The third-order valence-electron chi connectivity index (χ3n) is 5.83. The van der Waals surface area contributed by atoms with E-state index in [4.69, 9.17) is 28.4 Å². The number of hydrogen-bond donors (Lipinski definition) is 2. The van der Waals surface area contributed by atoms with E-state index in [-0.39, 0.29) is 36.7 Å². The van der Waals surface area contributed by atoms with Gasteiger partial charge in [-0.3, -0.25) is 9.59 Å². The van der Waals surface area contributed by atoms with Crippen LogP contribution in [0.4, 0.5) is 4.79 Å². The number of nitrogens with one attached hydrogen (secondary N) is 2. The number of thioether (sulfide) groups is 1. The smallest absolute Gasteiger partial charge is 0.407 e. The summed E-state index contributed by atoms with van der Waals surface area (Å²) in [4.78, 5) is 34.5. The second kappa shape index (κ2) is 24.6. The summed E-state index contributed by atoms with van der Waals surface area (Å²) < 4.78 is 32.6. The van der Waals surface area contributed by atoms with Crippen molar-refractivity contribution in [2.45, 2.75) is 63.2 Å². The fourth-order valence-corrected chi connectivity index (χ4v) is 4.31. The molecule has 0 heterocycles. The van der Waals surface area contributed by atoms with Crippen LogP contribution in [0.5, 0.6) is 0 Å². The van der Waals surface area contributed by atoms with Crippen molar-refractivity contribution in [2.24, 2.45) is 0 Å². The standard InChI is InChI=1S/C26H48N2O9S/c1-3-22(29)4-9-25(30)27-10-12-32-14-16-34-18-20-36-21-19-35-17-15-33-13-11-28-26(31)37-23-5-7-24(38-2)8-6-23/h23-24H,3-21H2,1-2H3,(H,27,30)(H,28,31). The Morgan fingerprint density at radius 3 is 1.63 bits per heavy atom. The molecule has 38 heavy (non-hydrogen) atoms. The van der Waals surface area contributed by atoms with E-state index in [1.54, 1.807) is 6.92 Å². The highest BCUT2D eigenvalue weighted by Gasteiger charge is 2.23. The normalized spacial score (nSPS) is 17.2. The van der Waals surface area contributed by atoms with E-state index in [2.05, 4.69) is 16.9 Å². The maximum atomic E-state index is 11.8. The van der Waals surface area contributed by atoms with Crippen LogP contribution in [-0.2, 0) is 38.0 Å². The molecule has 2 N–H and O–H groups in total. The first kappa shape index (κ1) is 34.6. The quantitative estimate of drug-likeness (QED) is 0.168. The maximum Gasteiger partial charge on any atom is 0.407 e. The molecule has 0 saturated heterocycles. The average molecular weight is 565 g/mol. The highest BCUT2D eigenvalue weighted by Crippen LogP contribution is 2.28. The van der Waals surface area contributed by atoms with Gasteiger partial charge in [-0.1, -0.05) is 6.92 Å². The van der Waals surface area contributed by atoms with Gasteiger partial charge in [0, 0.05) is 37.6 Å². The van der Waals surface area contributed by atoms with Crippen molar-refractivity contribution in [1.82, 2.24) is 10.6 Å². The Kier molecular flexibility index (Phi) is 22.4. The maximum absolute atomic E-state index is 11.8. The zero-order valence-corrected chi connectivity index (χ0v) is 24.0. The van der Waals surface area contributed by atoms with Gasteiger partial charge in [0.1, 0.15) is 11.9 Å². The Morgan fingerprint density at radius 2 is 1.16 bits per heavy atom. The molecule has 222 valence electrons. The molecule has 0 atom stereocenters. The minimum Gasteiger partial charge on any atom is -0.446 e. The number of Topliss-reactive ketones (excluding diaryl/α,β-unsaturated/α-hetero) is 1.